The molecule has 0 saturated heterocycles. The topological polar surface area (TPSA) is 63.4 Å². The molecule has 1 heterocycles. The van der Waals surface area contributed by atoms with Crippen LogP contribution in [0.2, 0.25) is 0 Å². The molecule has 2 N–H and O–H groups in total. The number of carbonyl (C=O) groups excluding carboxylic acids is 2. The number of hydrogen-bond donors (Lipinski definition) is 1. The first-order chi connectivity index (χ1) is 10.2. The van der Waals surface area contributed by atoms with Crippen molar-refractivity contribution in [2.75, 3.05) is 0 Å². The van der Waals surface area contributed by atoms with E-state index in [1.54, 1.807) is 6.07 Å². The lowest BCUT2D eigenvalue weighted by molar-refractivity contribution is -0.128. The van der Waals surface area contributed by atoms with Crippen molar-refractivity contribution in [2.24, 2.45) is 5.73 Å². The van der Waals surface area contributed by atoms with Gasteiger partial charge in [0, 0.05) is 12.1 Å². The number of carbonyl (C=O) groups is 2. The molecule has 0 atom stereocenters. The summed E-state index contributed by atoms with van der Waals surface area (Å²) in [5.41, 5.74) is 8.95. The van der Waals surface area contributed by atoms with Gasteiger partial charge in [0.15, 0.2) is 0 Å². The minimum absolute atomic E-state index is 0.156. The molecule has 1 aliphatic rings. The van der Waals surface area contributed by atoms with E-state index in [-0.39, 0.29) is 18.2 Å². The van der Waals surface area contributed by atoms with Crippen LogP contribution in [0, 0.1) is 0 Å². The molecule has 0 bridgehead atoms. The first-order valence-electron chi connectivity index (χ1n) is 6.89. The minimum Gasteiger partial charge on any atom is -0.326 e. The van der Waals surface area contributed by atoms with E-state index in [1.807, 2.05) is 42.5 Å². The maximum Gasteiger partial charge on any atom is 0.261 e. The highest BCUT2D eigenvalue weighted by Gasteiger charge is 2.30. The second kappa shape index (κ2) is 5.50. The molecule has 0 saturated carbocycles. The summed E-state index contributed by atoms with van der Waals surface area (Å²) < 4.78 is 0. The Hall–Kier alpha value is -2.46. The third-order valence-corrected chi connectivity index (χ3v) is 3.70. The van der Waals surface area contributed by atoms with Crippen LogP contribution < -0.4 is 5.73 Å². The highest BCUT2D eigenvalue weighted by atomic mass is 16.2. The van der Waals surface area contributed by atoms with Gasteiger partial charge in [0.1, 0.15) is 0 Å². The predicted octanol–water partition coefficient (Wildman–Crippen LogP) is 1.87. The Balaban J connectivity index is 1.89. The molecule has 4 nitrogen and oxygen atoms in total. The zero-order valence-corrected chi connectivity index (χ0v) is 11.6. The van der Waals surface area contributed by atoms with Crippen LogP contribution in [0.15, 0.2) is 48.5 Å². The fourth-order valence-electron chi connectivity index (χ4n) is 2.60. The summed E-state index contributed by atoms with van der Waals surface area (Å²) in [5.74, 6) is -0.378. The van der Waals surface area contributed by atoms with Crippen molar-refractivity contribution >= 4 is 11.8 Å². The molecule has 106 valence electrons. The Labute approximate surface area is 123 Å². The van der Waals surface area contributed by atoms with Gasteiger partial charge in [-0.1, -0.05) is 42.5 Å². The maximum absolute atomic E-state index is 12.5. The van der Waals surface area contributed by atoms with E-state index in [0.29, 0.717) is 18.7 Å². The zero-order valence-electron chi connectivity index (χ0n) is 11.6. The van der Waals surface area contributed by atoms with E-state index < -0.39 is 0 Å². The Morgan fingerprint density at radius 2 is 1.76 bits per heavy atom. The van der Waals surface area contributed by atoms with Crippen molar-refractivity contribution in [1.82, 2.24) is 4.90 Å². The second-order valence-electron chi connectivity index (χ2n) is 5.14. The highest BCUT2D eigenvalue weighted by Crippen LogP contribution is 2.21. The number of nitrogens with zero attached hydrogens (tertiary/aromatic N) is 1. The van der Waals surface area contributed by atoms with Gasteiger partial charge in [-0.05, 0) is 22.8 Å². The quantitative estimate of drug-likeness (QED) is 0.873. The molecule has 0 spiro atoms. The summed E-state index contributed by atoms with van der Waals surface area (Å²) >= 11 is 0. The maximum atomic E-state index is 12.5. The van der Waals surface area contributed by atoms with Crippen LogP contribution in [-0.2, 0) is 24.3 Å². The Bertz CT molecular complexity index is 709. The van der Waals surface area contributed by atoms with Gasteiger partial charge in [-0.15, -0.1) is 0 Å². The number of benzene rings is 2. The first-order valence-corrected chi connectivity index (χ1v) is 6.89. The summed E-state index contributed by atoms with van der Waals surface area (Å²) in [7, 11) is 0. The normalized spacial score (nSPS) is 14.2. The van der Waals surface area contributed by atoms with Gasteiger partial charge >= 0.3 is 0 Å². The van der Waals surface area contributed by atoms with Crippen LogP contribution in [0.25, 0.3) is 0 Å². The monoisotopic (exact) mass is 280 g/mol. The average molecular weight is 280 g/mol. The van der Waals surface area contributed by atoms with E-state index >= 15 is 0 Å². The molecule has 1 aliphatic heterocycles. The van der Waals surface area contributed by atoms with Crippen LogP contribution in [0.5, 0.6) is 0 Å². The summed E-state index contributed by atoms with van der Waals surface area (Å²) in [4.78, 5) is 26.0. The average Bonchev–Trinajstić information content (AvgIpc) is 2.51. The molecule has 21 heavy (non-hydrogen) atoms. The van der Waals surface area contributed by atoms with Crippen LogP contribution in [-0.4, -0.2) is 16.7 Å². The third kappa shape index (κ3) is 2.58. The van der Waals surface area contributed by atoms with Gasteiger partial charge < -0.3 is 5.73 Å². The number of amides is 2. The second-order valence-corrected chi connectivity index (χ2v) is 5.14. The van der Waals surface area contributed by atoms with Gasteiger partial charge in [0.2, 0.25) is 5.91 Å². The molecule has 2 aromatic carbocycles. The number of rotatable bonds is 3. The van der Waals surface area contributed by atoms with E-state index in [0.717, 1.165) is 16.7 Å². The number of hydrogen-bond acceptors (Lipinski definition) is 3. The molecule has 0 unspecified atom stereocenters. The van der Waals surface area contributed by atoms with E-state index in [2.05, 4.69) is 0 Å². The molecule has 0 radical (unpaired) electrons. The molecule has 0 fully saturated rings. The molecular weight excluding hydrogens is 264 g/mol. The van der Waals surface area contributed by atoms with Gasteiger partial charge in [0.05, 0.1) is 13.0 Å². The van der Waals surface area contributed by atoms with Crippen LogP contribution in [0.4, 0.5) is 0 Å². The Morgan fingerprint density at radius 3 is 2.57 bits per heavy atom. The van der Waals surface area contributed by atoms with Gasteiger partial charge in [0.25, 0.3) is 5.91 Å². The minimum atomic E-state index is -0.222. The first kappa shape index (κ1) is 13.5. The van der Waals surface area contributed by atoms with Crippen molar-refractivity contribution < 1.29 is 9.59 Å². The van der Waals surface area contributed by atoms with E-state index in [9.17, 15) is 9.59 Å². The predicted molar refractivity (Wildman–Crippen MR) is 79.4 cm³/mol. The van der Waals surface area contributed by atoms with Gasteiger partial charge in [-0.3, -0.25) is 14.5 Å². The molecule has 2 aromatic rings. The summed E-state index contributed by atoms with van der Waals surface area (Å²) in [6.45, 7) is 0.735. The van der Waals surface area contributed by atoms with Crippen molar-refractivity contribution in [1.29, 1.82) is 0 Å². The lowest BCUT2D eigenvalue weighted by Crippen LogP contribution is -2.41. The number of nitrogens with two attached hydrogens (primary N) is 1. The van der Waals surface area contributed by atoms with Crippen LogP contribution >= 0.6 is 0 Å². The van der Waals surface area contributed by atoms with Crippen molar-refractivity contribution in [3.63, 3.8) is 0 Å². The lowest BCUT2D eigenvalue weighted by Gasteiger charge is -2.27. The van der Waals surface area contributed by atoms with E-state index in [4.69, 9.17) is 5.73 Å². The molecule has 0 aromatic heterocycles. The Morgan fingerprint density at radius 1 is 1.00 bits per heavy atom. The fourth-order valence-corrected chi connectivity index (χ4v) is 2.60. The number of fused-ring (bicyclic) bond motifs is 1. The van der Waals surface area contributed by atoms with Gasteiger partial charge in [-0.2, -0.15) is 0 Å². The highest BCUT2D eigenvalue weighted by molar-refractivity contribution is 6.09. The fraction of sp³-hybridized carbons (Fsp3) is 0.176. The Kier molecular flexibility index (Phi) is 3.54. The van der Waals surface area contributed by atoms with Crippen LogP contribution in [0.3, 0.4) is 0 Å². The standard InChI is InChI=1S/C17H16N2O2/c18-10-12-4-3-5-13(8-12)11-19-16(20)9-14-6-1-2-7-15(14)17(19)21/h1-8H,9-11,18H2. The molecule has 2 amide bonds. The summed E-state index contributed by atoms with van der Waals surface area (Å²) in [6, 6.07) is 14.9. The molecular formula is C17H16N2O2. The number of imide groups is 1. The lowest BCUT2D eigenvalue weighted by atomic mass is 9.98. The summed E-state index contributed by atoms with van der Waals surface area (Å²) in [6.07, 6.45) is 0.276. The smallest absolute Gasteiger partial charge is 0.261 e. The third-order valence-electron chi connectivity index (χ3n) is 3.70. The SMILES string of the molecule is NCc1cccc(CN2C(=O)Cc3ccccc3C2=O)c1. The van der Waals surface area contributed by atoms with Gasteiger partial charge in [-0.25, -0.2) is 0 Å². The molecule has 3 rings (SSSR count). The van der Waals surface area contributed by atoms with Crippen molar-refractivity contribution in [3.8, 4) is 0 Å². The van der Waals surface area contributed by atoms with Crippen molar-refractivity contribution in [2.45, 2.75) is 19.5 Å². The van der Waals surface area contributed by atoms with Crippen LogP contribution in [0.1, 0.15) is 27.0 Å². The molecule has 0 aliphatic carbocycles. The molecule has 4 heteroatoms. The van der Waals surface area contributed by atoms with E-state index in [1.165, 1.54) is 4.90 Å². The zero-order chi connectivity index (χ0) is 14.8. The largest absolute Gasteiger partial charge is 0.326 e. The van der Waals surface area contributed by atoms with Crippen molar-refractivity contribution in [3.05, 3.63) is 70.8 Å². The summed E-state index contributed by atoms with van der Waals surface area (Å²) in [5, 5.41) is 0.